The van der Waals surface area contributed by atoms with Gasteiger partial charge in [-0.05, 0) is 18.4 Å². The molecule has 2 amide bonds. The Morgan fingerprint density at radius 1 is 1.47 bits per heavy atom. The van der Waals surface area contributed by atoms with Crippen LogP contribution >= 0.6 is 0 Å². The maximum Gasteiger partial charge on any atom is 0.272 e. The first-order chi connectivity index (χ1) is 9.11. The lowest BCUT2D eigenvalue weighted by Gasteiger charge is -2.28. The number of carbonyl (C=O) groups is 2. The van der Waals surface area contributed by atoms with Gasteiger partial charge in [0, 0.05) is 12.6 Å². The average Bonchev–Trinajstić information content (AvgIpc) is 2.43. The molecule has 2 atom stereocenters. The summed E-state index contributed by atoms with van der Waals surface area (Å²) in [5, 5.41) is 12.9. The van der Waals surface area contributed by atoms with Gasteiger partial charge in [0.15, 0.2) is 5.69 Å². The number of aromatic nitrogens is 2. The van der Waals surface area contributed by atoms with E-state index in [0.717, 1.165) is 6.42 Å². The first-order valence-electron chi connectivity index (χ1n) is 6.08. The van der Waals surface area contributed by atoms with Gasteiger partial charge in [-0.2, -0.15) is 0 Å². The molecule has 1 aliphatic heterocycles. The monoisotopic (exact) mass is 264 g/mol. The number of hydrogen-bond donors (Lipinski definition) is 2. The number of rotatable bonds is 3. The number of nitrogens with zero attached hydrogens (tertiary/aromatic N) is 2. The summed E-state index contributed by atoms with van der Waals surface area (Å²) in [5.74, 6) is -0.137. The Bertz CT molecular complexity index is 474. The van der Waals surface area contributed by atoms with Gasteiger partial charge in [0.05, 0.1) is 7.11 Å². The van der Waals surface area contributed by atoms with Gasteiger partial charge in [-0.3, -0.25) is 9.59 Å². The van der Waals surface area contributed by atoms with Crippen molar-refractivity contribution >= 4 is 11.8 Å². The summed E-state index contributed by atoms with van der Waals surface area (Å²) >= 11 is 0. The van der Waals surface area contributed by atoms with Crippen molar-refractivity contribution in [3.05, 3.63) is 17.8 Å². The van der Waals surface area contributed by atoms with Crippen LogP contribution in [-0.4, -0.2) is 41.7 Å². The number of hydrogen-bond acceptors (Lipinski definition) is 5. The molecule has 0 radical (unpaired) electrons. The Kier molecular flexibility index (Phi) is 3.94. The van der Waals surface area contributed by atoms with Crippen molar-refractivity contribution in [2.75, 3.05) is 13.7 Å². The topological polar surface area (TPSA) is 93.2 Å². The number of amides is 2. The van der Waals surface area contributed by atoms with Crippen molar-refractivity contribution in [1.82, 2.24) is 20.8 Å². The van der Waals surface area contributed by atoms with Gasteiger partial charge < -0.3 is 15.4 Å². The standard InChI is InChI=1S/C12H16N4O3/c1-7-5-6-13-12(18)10(7)14-11(17)8-3-4-9(19-2)16-15-8/h3-4,7,10H,5-6H2,1-2H3,(H,13,18)(H,14,17)/t7-,10-/m0/s1. The third kappa shape index (κ3) is 2.98. The van der Waals surface area contributed by atoms with Crippen molar-refractivity contribution in [1.29, 1.82) is 0 Å². The molecule has 1 aromatic rings. The van der Waals surface area contributed by atoms with Crippen LogP contribution in [0.25, 0.3) is 0 Å². The molecular weight excluding hydrogens is 248 g/mol. The minimum Gasteiger partial charge on any atom is -0.480 e. The lowest BCUT2D eigenvalue weighted by molar-refractivity contribution is -0.125. The van der Waals surface area contributed by atoms with Crippen LogP contribution in [0.15, 0.2) is 12.1 Å². The Morgan fingerprint density at radius 3 is 2.84 bits per heavy atom. The van der Waals surface area contributed by atoms with Crippen LogP contribution in [0, 0.1) is 5.92 Å². The maximum atomic E-state index is 12.0. The summed E-state index contributed by atoms with van der Waals surface area (Å²) in [7, 11) is 1.47. The largest absolute Gasteiger partial charge is 0.480 e. The van der Waals surface area contributed by atoms with Crippen LogP contribution in [0.1, 0.15) is 23.8 Å². The number of carbonyl (C=O) groups excluding carboxylic acids is 2. The van der Waals surface area contributed by atoms with E-state index in [9.17, 15) is 9.59 Å². The van der Waals surface area contributed by atoms with E-state index in [1.54, 1.807) is 6.07 Å². The molecule has 2 N–H and O–H groups in total. The normalized spacial score (nSPS) is 22.5. The van der Waals surface area contributed by atoms with E-state index in [4.69, 9.17) is 4.74 Å². The maximum absolute atomic E-state index is 12.0. The summed E-state index contributed by atoms with van der Waals surface area (Å²) in [4.78, 5) is 23.7. The highest BCUT2D eigenvalue weighted by Crippen LogP contribution is 2.13. The molecule has 102 valence electrons. The Morgan fingerprint density at radius 2 is 2.26 bits per heavy atom. The summed E-state index contributed by atoms with van der Waals surface area (Å²) in [5.41, 5.74) is 0.159. The fourth-order valence-corrected chi connectivity index (χ4v) is 1.93. The zero-order chi connectivity index (χ0) is 13.8. The van der Waals surface area contributed by atoms with Crippen LogP contribution in [-0.2, 0) is 4.79 Å². The zero-order valence-electron chi connectivity index (χ0n) is 10.8. The molecule has 0 spiro atoms. The minimum absolute atomic E-state index is 0.101. The van der Waals surface area contributed by atoms with E-state index in [0.29, 0.717) is 12.4 Å². The van der Waals surface area contributed by atoms with Crippen molar-refractivity contribution in [3.63, 3.8) is 0 Å². The lowest BCUT2D eigenvalue weighted by Crippen LogP contribution is -2.54. The highest BCUT2D eigenvalue weighted by molar-refractivity contribution is 5.96. The number of nitrogens with one attached hydrogen (secondary N) is 2. The molecule has 0 unspecified atom stereocenters. The number of piperidine rings is 1. The Balaban J connectivity index is 2.05. The molecule has 0 aromatic carbocycles. The summed E-state index contributed by atoms with van der Waals surface area (Å²) in [6.07, 6.45) is 0.838. The van der Waals surface area contributed by atoms with E-state index >= 15 is 0 Å². The second kappa shape index (κ2) is 5.64. The highest BCUT2D eigenvalue weighted by atomic mass is 16.5. The molecule has 0 bridgehead atoms. The van der Waals surface area contributed by atoms with E-state index < -0.39 is 11.9 Å². The van der Waals surface area contributed by atoms with E-state index in [1.165, 1.54) is 13.2 Å². The van der Waals surface area contributed by atoms with Gasteiger partial charge in [0.2, 0.25) is 11.8 Å². The van der Waals surface area contributed by atoms with Gasteiger partial charge in [-0.1, -0.05) is 6.92 Å². The van der Waals surface area contributed by atoms with Gasteiger partial charge in [-0.15, -0.1) is 10.2 Å². The third-order valence-electron chi connectivity index (χ3n) is 3.12. The highest BCUT2D eigenvalue weighted by Gasteiger charge is 2.30. The predicted molar refractivity (Wildman–Crippen MR) is 66.6 cm³/mol. The number of methoxy groups -OCH3 is 1. The molecule has 7 heteroatoms. The molecule has 1 fully saturated rings. The fourth-order valence-electron chi connectivity index (χ4n) is 1.93. The first kappa shape index (κ1) is 13.3. The first-order valence-corrected chi connectivity index (χ1v) is 6.08. The van der Waals surface area contributed by atoms with E-state index in [-0.39, 0.29) is 17.5 Å². The molecular formula is C12H16N4O3. The molecule has 0 aliphatic carbocycles. The van der Waals surface area contributed by atoms with Gasteiger partial charge in [-0.25, -0.2) is 0 Å². The van der Waals surface area contributed by atoms with Gasteiger partial charge in [0.25, 0.3) is 5.91 Å². The summed E-state index contributed by atoms with van der Waals surface area (Å²) < 4.78 is 4.86. The average molecular weight is 264 g/mol. The Hall–Kier alpha value is -2.18. The molecule has 1 aromatic heterocycles. The molecule has 19 heavy (non-hydrogen) atoms. The van der Waals surface area contributed by atoms with Crippen LogP contribution in [0.5, 0.6) is 5.88 Å². The molecule has 0 saturated carbocycles. The summed E-state index contributed by atoms with van der Waals surface area (Å²) in [6.45, 7) is 2.58. The lowest BCUT2D eigenvalue weighted by atomic mass is 9.94. The van der Waals surface area contributed by atoms with Crippen molar-refractivity contribution < 1.29 is 14.3 Å². The van der Waals surface area contributed by atoms with Crippen LogP contribution in [0.4, 0.5) is 0 Å². The molecule has 1 aliphatic rings. The van der Waals surface area contributed by atoms with Gasteiger partial charge in [0.1, 0.15) is 6.04 Å². The molecule has 1 saturated heterocycles. The van der Waals surface area contributed by atoms with Crippen LogP contribution in [0.2, 0.25) is 0 Å². The second-order valence-corrected chi connectivity index (χ2v) is 4.47. The Labute approximate surface area is 110 Å². The van der Waals surface area contributed by atoms with Crippen LogP contribution < -0.4 is 15.4 Å². The van der Waals surface area contributed by atoms with Gasteiger partial charge >= 0.3 is 0 Å². The second-order valence-electron chi connectivity index (χ2n) is 4.47. The van der Waals surface area contributed by atoms with Crippen molar-refractivity contribution in [3.8, 4) is 5.88 Å². The zero-order valence-corrected chi connectivity index (χ0v) is 10.8. The van der Waals surface area contributed by atoms with Crippen molar-refractivity contribution in [2.45, 2.75) is 19.4 Å². The number of ether oxygens (including phenoxy) is 1. The smallest absolute Gasteiger partial charge is 0.272 e. The third-order valence-corrected chi connectivity index (χ3v) is 3.12. The fraction of sp³-hybridized carbons (Fsp3) is 0.500. The molecule has 2 rings (SSSR count). The SMILES string of the molecule is COc1ccc(C(=O)N[C@@H]2C(=O)NCC[C@@H]2C)nn1. The quantitative estimate of drug-likeness (QED) is 0.784. The van der Waals surface area contributed by atoms with E-state index in [1.807, 2.05) is 6.92 Å². The molecule has 2 heterocycles. The summed E-state index contributed by atoms with van der Waals surface area (Å²) in [6, 6.07) is 2.53. The predicted octanol–water partition coefficient (Wildman–Crippen LogP) is -0.260. The van der Waals surface area contributed by atoms with Crippen LogP contribution in [0.3, 0.4) is 0 Å². The molecule has 7 nitrogen and oxygen atoms in total. The van der Waals surface area contributed by atoms with Crippen molar-refractivity contribution in [2.24, 2.45) is 5.92 Å². The van der Waals surface area contributed by atoms with E-state index in [2.05, 4.69) is 20.8 Å². The minimum atomic E-state index is -0.523.